The Hall–Kier alpha value is -2.79. The highest BCUT2D eigenvalue weighted by Crippen LogP contribution is 2.24. The van der Waals surface area contributed by atoms with Crippen molar-refractivity contribution in [2.45, 2.75) is 12.7 Å². The van der Waals surface area contributed by atoms with Crippen LogP contribution in [0.5, 0.6) is 0 Å². The molecule has 1 aliphatic rings. The van der Waals surface area contributed by atoms with E-state index in [0.29, 0.717) is 18.9 Å². The van der Waals surface area contributed by atoms with Gasteiger partial charge in [-0.25, -0.2) is 4.99 Å². The van der Waals surface area contributed by atoms with E-state index in [1.807, 2.05) is 30.3 Å². The fraction of sp³-hybridized carbons (Fsp3) is 0.167. The number of aromatic nitrogens is 2. The molecule has 3 aromatic rings. The Kier molecular flexibility index (Phi) is 3.70. The van der Waals surface area contributed by atoms with Crippen molar-refractivity contribution >= 4 is 22.5 Å². The summed E-state index contributed by atoms with van der Waals surface area (Å²) in [5.74, 6) is 0.585. The Morgan fingerprint density at radius 1 is 1.09 bits per heavy atom. The summed E-state index contributed by atoms with van der Waals surface area (Å²) in [5.41, 5.74) is 2.83. The monoisotopic (exact) mass is 305 g/mol. The van der Waals surface area contributed by atoms with Gasteiger partial charge in [-0.05, 0) is 17.7 Å². The molecule has 1 unspecified atom stereocenters. The van der Waals surface area contributed by atoms with Crippen molar-refractivity contribution in [2.75, 3.05) is 6.61 Å². The van der Waals surface area contributed by atoms with E-state index in [9.17, 15) is 0 Å². The van der Waals surface area contributed by atoms with Crippen molar-refractivity contribution in [1.29, 1.82) is 0 Å². The van der Waals surface area contributed by atoms with E-state index in [-0.39, 0.29) is 6.29 Å². The molecule has 1 aromatic carbocycles. The number of ether oxygens (including phenoxy) is 2. The molecule has 0 bridgehead atoms. The number of nitrogens with zero attached hydrogens (tertiary/aromatic N) is 3. The molecule has 0 N–H and O–H groups in total. The zero-order valence-electron chi connectivity index (χ0n) is 12.4. The molecular formula is C18H15N3O2. The van der Waals surface area contributed by atoms with Crippen molar-refractivity contribution in [3.63, 3.8) is 0 Å². The summed E-state index contributed by atoms with van der Waals surface area (Å²) in [6, 6.07) is 13.8. The second-order valence-electron chi connectivity index (χ2n) is 5.28. The number of hydrogen-bond acceptors (Lipinski definition) is 5. The first-order valence-corrected chi connectivity index (χ1v) is 7.47. The normalized spacial score (nSPS) is 19.1. The molecular weight excluding hydrogens is 290 g/mol. The van der Waals surface area contributed by atoms with Crippen LogP contribution in [-0.2, 0) is 15.9 Å². The number of fused-ring (bicyclic) bond motifs is 1. The van der Waals surface area contributed by atoms with E-state index in [1.54, 1.807) is 18.6 Å². The lowest BCUT2D eigenvalue weighted by molar-refractivity contribution is -0.0208. The van der Waals surface area contributed by atoms with Gasteiger partial charge in [0.15, 0.2) is 0 Å². The van der Waals surface area contributed by atoms with Gasteiger partial charge in [-0.15, -0.1) is 0 Å². The van der Waals surface area contributed by atoms with Gasteiger partial charge in [0.05, 0.1) is 11.2 Å². The van der Waals surface area contributed by atoms with Crippen LogP contribution in [0.15, 0.2) is 66.0 Å². The average Bonchev–Trinajstić information content (AvgIpc) is 3.03. The van der Waals surface area contributed by atoms with E-state index in [0.717, 1.165) is 16.6 Å². The molecule has 114 valence electrons. The molecule has 2 aromatic heterocycles. The van der Waals surface area contributed by atoms with E-state index >= 15 is 0 Å². The molecule has 23 heavy (non-hydrogen) atoms. The van der Waals surface area contributed by atoms with Crippen molar-refractivity contribution in [3.8, 4) is 0 Å². The smallest absolute Gasteiger partial charge is 0.217 e. The maximum absolute atomic E-state index is 5.81. The molecule has 1 atom stereocenters. The molecule has 1 fully saturated rings. The second-order valence-corrected chi connectivity index (χ2v) is 5.28. The summed E-state index contributed by atoms with van der Waals surface area (Å²) in [5, 5.41) is 0.901. The fourth-order valence-electron chi connectivity index (χ4n) is 2.56. The minimum Gasteiger partial charge on any atom is -0.449 e. The van der Waals surface area contributed by atoms with Gasteiger partial charge in [0, 0.05) is 30.4 Å². The molecule has 0 saturated carbocycles. The van der Waals surface area contributed by atoms with Gasteiger partial charge >= 0.3 is 0 Å². The molecule has 0 spiro atoms. The lowest BCUT2D eigenvalue weighted by Crippen LogP contribution is -2.11. The van der Waals surface area contributed by atoms with Crippen LogP contribution in [0.3, 0.4) is 0 Å². The van der Waals surface area contributed by atoms with Gasteiger partial charge in [0.25, 0.3) is 0 Å². The average molecular weight is 305 g/mol. The molecule has 5 heteroatoms. The van der Waals surface area contributed by atoms with Crippen LogP contribution in [0.4, 0.5) is 5.69 Å². The number of aliphatic imine (C=N–C) groups is 1. The minimum absolute atomic E-state index is 0.289. The second kappa shape index (κ2) is 6.14. The molecule has 1 aliphatic heterocycles. The van der Waals surface area contributed by atoms with Gasteiger partial charge in [-0.1, -0.05) is 30.3 Å². The third-order valence-electron chi connectivity index (χ3n) is 3.67. The SMILES string of the molecule is c1ccc(CC2OCC(=Nc3ccnc4ccncc34)O2)cc1. The summed E-state index contributed by atoms with van der Waals surface area (Å²) in [6.07, 6.45) is 5.63. The molecule has 0 radical (unpaired) electrons. The zero-order valence-corrected chi connectivity index (χ0v) is 12.4. The minimum atomic E-state index is -0.289. The Bertz CT molecular complexity index is 844. The molecule has 0 aliphatic carbocycles. The lowest BCUT2D eigenvalue weighted by atomic mass is 10.1. The first kappa shape index (κ1) is 13.8. The largest absolute Gasteiger partial charge is 0.449 e. The van der Waals surface area contributed by atoms with Gasteiger partial charge in [-0.3, -0.25) is 9.97 Å². The lowest BCUT2D eigenvalue weighted by Gasteiger charge is -2.08. The Morgan fingerprint density at radius 2 is 2.00 bits per heavy atom. The summed E-state index contributed by atoms with van der Waals surface area (Å²) < 4.78 is 11.5. The molecule has 0 amide bonds. The highest BCUT2D eigenvalue weighted by atomic mass is 16.7. The molecule has 1 saturated heterocycles. The van der Waals surface area contributed by atoms with E-state index in [4.69, 9.17) is 9.47 Å². The van der Waals surface area contributed by atoms with Gasteiger partial charge in [-0.2, -0.15) is 0 Å². The molecule has 5 nitrogen and oxygen atoms in total. The third-order valence-corrected chi connectivity index (χ3v) is 3.67. The maximum atomic E-state index is 5.81. The number of rotatable bonds is 3. The van der Waals surface area contributed by atoms with E-state index in [1.165, 1.54) is 5.56 Å². The number of pyridine rings is 2. The van der Waals surface area contributed by atoms with Crippen LogP contribution >= 0.6 is 0 Å². The predicted molar refractivity (Wildman–Crippen MR) is 87.6 cm³/mol. The topological polar surface area (TPSA) is 56.6 Å². The van der Waals surface area contributed by atoms with Crippen molar-refractivity contribution < 1.29 is 9.47 Å². The summed E-state index contributed by atoms with van der Waals surface area (Å²) >= 11 is 0. The number of hydrogen-bond donors (Lipinski definition) is 0. The van der Waals surface area contributed by atoms with Crippen molar-refractivity contribution in [3.05, 3.63) is 66.6 Å². The Morgan fingerprint density at radius 3 is 2.91 bits per heavy atom. The van der Waals surface area contributed by atoms with Gasteiger partial charge < -0.3 is 9.47 Å². The predicted octanol–water partition coefficient (Wildman–Crippen LogP) is 3.28. The summed E-state index contributed by atoms with van der Waals surface area (Å²) in [4.78, 5) is 13.0. The standard InChI is InChI=1S/C18H15N3O2/c1-2-4-13(5-3-1)10-18-22-12-17(23-18)21-16-7-9-20-15-6-8-19-11-14(15)16/h1-9,11,18H,10,12H2. The number of benzene rings is 1. The van der Waals surface area contributed by atoms with Gasteiger partial charge in [0.1, 0.15) is 6.61 Å². The van der Waals surface area contributed by atoms with Crippen LogP contribution in [0.1, 0.15) is 5.56 Å². The zero-order chi connectivity index (χ0) is 15.5. The Balaban J connectivity index is 1.53. The van der Waals surface area contributed by atoms with E-state index in [2.05, 4.69) is 27.1 Å². The third kappa shape index (κ3) is 3.05. The van der Waals surface area contributed by atoms with Crippen LogP contribution in [0, 0.1) is 0 Å². The van der Waals surface area contributed by atoms with Crippen LogP contribution in [-0.4, -0.2) is 28.8 Å². The van der Waals surface area contributed by atoms with Crippen molar-refractivity contribution in [2.24, 2.45) is 4.99 Å². The highest BCUT2D eigenvalue weighted by molar-refractivity contribution is 5.92. The summed E-state index contributed by atoms with van der Waals surface area (Å²) in [6.45, 7) is 0.377. The van der Waals surface area contributed by atoms with Crippen LogP contribution < -0.4 is 0 Å². The highest BCUT2D eigenvalue weighted by Gasteiger charge is 2.23. The summed E-state index contributed by atoms with van der Waals surface area (Å²) in [7, 11) is 0. The maximum Gasteiger partial charge on any atom is 0.217 e. The first-order valence-electron chi connectivity index (χ1n) is 7.47. The fourth-order valence-corrected chi connectivity index (χ4v) is 2.56. The van der Waals surface area contributed by atoms with Gasteiger partial charge in [0.2, 0.25) is 12.2 Å². The van der Waals surface area contributed by atoms with E-state index < -0.39 is 0 Å². The van der Waals surface area contributed by atoms with Crippen molar-refractivity contribution in [1.82, 2.24) is 9.97 Å². The first-order chi connectivity index (χ1) is 11.4. The quantitative estimate of drug-likeness (QED) is 0.745. The molecule has 3 heterocycles. The Labute approximate surface area is 133 Å². The molecule has 4 rings (SSSR count). The van der Waals surface area contributed by atoms with Crippen LogP contribution in [0.2, 0.25) is 0 Å². The van der Waals surface area contributed by atoms with Crippen LogP contribution in [0.25, 0.3) is 10.9 Å².